The van der Waals surface area contributed by atoms with Crippen LogP contribution in [0.3, 0.4) is 0 Å². The normalized spacial score (nSPS) is 16.0. The topological polar surface area (TPSA) is 60.5 Å². The van der Waals surface area contributed by atoms with E-state index in [9.17, 15) is 4.79 Å². The highest BCUT2D eigenvalue weighted by Gasteiger charge is 2.52. The van der Waals surface area contributed by atoms with Gasteiger partial charge in [-0.05, 0) is 48.2 Å². The number of carbonyl (C=O) groups is 1. The van der Waals surface area contributed by atoms with E-state index in [-0.39, 0.29) is 12.7 Å². The number of hydrogen-bond acceptors (Lipinski definition) is 5. The van der Waals surface area contributed by atoms with Crippen molar-refractivity contribution in [3.05, 3.63) is 69.7 Å². The van der Waals surface area contributed by atoms with Crippen molar-refractivity contribution in [2.45, 2.75) is 24.7 Å². The van der Waals surface area contributed by atoms with E-state index in [1.807, 2.05) is 48.7 Å². The predicted octanol–water partition coefficient (Wildman–Crippen LogP) is 4.79. The molecule has 1 aliphatic carbocycles. The van der Waals surface area contributed by atoms with Gasteiger partial charge in [0.25, 0.3) is 0 Å². The maximum atomic E-state index is 13.0. The SMILES string of the molecule is O=C(Nc1ncc(Cc2ccc(Cl)cc2)s1)C1(c2ccc3c(c2)OCO3)CC1. The van der Waals surface area contributed by atoms with Gasteiger partial charge in [-0.3, -0.25) is 4.79 Å². The molecule has 28 heavy (non-hydrogen) atoms. The van der Waals surface area contributed by atoms with Crippen LogP contribution in [0.2, 0.25) is 5.02 Å². The first-order valence-corrected chi connectivity index (χ1v) is 10.2. The van der Waals surface area contributed by atoms with Crippen molar-refractivity contribution in [2.75, 3.05) is 12.1 Å². The fourth-order valence-electron chi connectivity index (χ4n) is 3.43. The average molecular weight is 413 g/mol. The molecular weight excluding hydrogens is 396 g/mol. The van der Waals surface area contributed by atoms with E-state index in [2.05, 4.69) is 10.3 Å². The van der Waals surface area contributed by atoms with Crippen LogP contribution in [0.4, 0.5) is 5.13 Å². The molecule has 7 heteroatoms. The minimum atomic E-state index is -0.497. The summed E-state index contributed by atoms with van der Waals surface area (Å²) < 4.78 is 10.8. The van der Waals surface area contributed by atoms with Crippen molar-refractivity contribution in [1.29, 1.82) is 0 Å². The van der Waals surface area contributed by atoms with Gasteiger partial charge in [-0.25, -0.2) is 4.98 Å². The highest BCUT2D eigenvalue weighted by atomic mass is 35.5. The maximum absolute atomic E-state index is 13.0. The first kappa shape index (κ1) is 17.5. The third kappa shape index (κ3) is 3.23. The fourth-order valence-corrected chi connectivity index (χ4v) is 4.40. The molecule has 1 amide bonds. The Morgan fingerprint density at radius 3 is 2.71 bits per heavy atom. The zero-order valence-electron chi connectivity index (χ0n) is 14.9. The number of anilines is 1. The molecule has 1 aromatic heterocycles. The molecule has 0 saturated heterocycles. The maximum Gasteiger partial charge on any atom is 0.236 e. The molecule has 5 rings (SSSR count). The second kappa shape index (κ2) is 6.79. The second-order valence-electron chi connectivity index (χ2n) is 7.04. The van der Waals surface area contributed by atoms with E-state index in [0.717, 1.165) is 46.0 Å². The van der Waals surface area contributed by atoms with Crippen molar-refractivity contribution in [1.82, 2.24) is 4.98 Å². The third-order valence-electron chi connectivity index (χ3n) is 5.18. The lowest BCUT2D eigenvalue weighted by atomic mass is 9.94. The molecule has 1 aliphatic heterocycles. The zero-order valence-corrected chi connectivity index (χ0v) is 16.5. The van der Waals surface area contributed by atoms with Crippen LogP contribution in [0.25, 0.3) is 0 Å². The van der Waals surface area contributed by atoms with Crippen molar-refractivity contribution in [2.24, 2.45) is 0 Å². The van der Waals surface area contributed by atoms with Crippen molar-refractivity contribution >= 4 is 34.0 Å². The summed E-state index contributed by atoms with van der Waals surface area (Å²) in [5.74, 6) is 1.42. The van der Waals surface area contributed by atoms with Crippen LogP contribution in [0.5, 0.6) is 11.5 Å². The standard InChI is InChI=1S/C21H17ClN2O3S/c22-15-4-1-13(2-5-15)9-16-11-23-20(28-16)24-19(25)21(7-8-21)14-3-6-17-18(10-14)27-12-26-17/h1-6,10-11H,7-9,12H2,(H,23,24,25). The molecule has 0 spiro atoms. The van der Waals surface area contributed by atoms with E-state index in [0.29, 0.717) is 10.9 Å². The van der Waals surface area contributed by atoms with E-state index < -0.39 is 5.41 Å². The number of amides is 1. The molecule has 142 valence electrons. The van der Waals surface area contributed by atoms with Crippen LogP contribution in [-0.4, -0.2) is 17.7 Å². The number of halogens is 1. The van der Waals surface area contributed by atoms with Crippen LogP contribution in [0.15, 0.2) is 48.7 Å². The second-order valence-corrected chi connectivity index (χ2v) is 8.59. The molecule has 1 saturated carbocycles. The van der Waals surface area contributed by atoms with Crippen molar-refractivity contribution in [3.63, 3.8) is 0 Å². The van der Waals surface area contributed by atoms with Crippen LogP contribution >= 0.6 is 22.9 Å². The van der Waals surface area contributed by atoms with Gasteiger partial charge in [-0.2, -0.15) is 0 Å². The van der Waals surface area contributed by atoms with E-state index >= 15 is 0 Å². The van der Waals surface area contributed by atoms with E-state index in [4.69, 9.17) is 21.1 Å². The number of nitrogens with zero attached hydrogens (tertiary/aromatic N) is 1. The third-order valence-corrected chi connectivity index (χ3v) is 6.34. The van der Waals surface area contributed by atoms with Crippen molar-refractivity contribution in [3.8, 4) is 11.5 Å². The summed E-state index contributed by atoms with van der Waals surface area (Å²) in [6.45, 7) is 0.230. The minimum Gasteiger partial charge on any atom is -0.454 e. The number of thiazole rings is 1. The molecule has 0 radical (unpaired) electrons. The summed E-state index contributed by atoms with van der Waals surface area (Å²) in [6, 6.07) is 13.5. The van der Waals surface area contributed by atoms with Crippen LogP contribution < -0.4 is 14.8 Å². The first-order valence-electron chi connectivity index (χ1n) is 9.03. The first-order chi connectivity index (χ1) is 13.6. The fraction of sp³-hybridized carbons (Fsp3) is 0.238. The van der Waals surface area contributed by atoms with Crippen LogP contribution in [0, 0.1) is 0 Å². The number of fused-ring (bicyclic) bond motifs is 1. The summed E-state index contributed by atoms with van der Waals surface area (Å²) in [5, 5.41) is 4.35. The van der Waals surface area contributed by atoms with Gasteiger partial charge in [0.1, 0.15) is 0 Å². The summed E-state index contributed by atoms with van der Waals surface area (Å²) in [5.41, 5.74) is 1.63. The van der Waals surface area contributed by atoms with Crippen molar-refractivity contribution < 1.29 is 14.3 Å². The highest BCUT2D eigenvalue weighted by molar-refractivity contribution is 7.15. The largest absolute Gasteiger partial charge is 0.454 e. The number of nitrogens with one attached hydrogen (secondary N) is 1. The zero-order chi connectivity index (χ0) is 19.1. The lowest BCUT2D eigenvalue weighted by Gasteiger charge is -2.15. The summed E-state index contributed by atoms with van der Waals surface area (Å²) >= 11 is 7.43. The smallest absolute Gasteiger partial charge is 0.236 e. The Balaban J connectivity index is 1.29. The highest BCUT2D eigenvalue weighted by Crippen LogP contribution is 2.51. The Morgan fingerprint density at radius 2 is 1.93 bits per heavy atom. The molecule has 3 aromatic rings. The minimum absolute atomic E-state index is 0.0150. The average Bonchev–Trinajstić information content (AvgIpc) is 3.18. The lowest BCUT2D eigenvalue weighted by molar-refractivity contribution is -0.118. The predicted molar refractivity (Wildman–Crippen MR) is 108 cm³/mol. The van der Waals surface area contributed by atoms with Gasteiger partial charge >= 0.3 is 0 Å². The summed E-state index contributed by atoms with van der Waals surface area (Å²) in [4.78, 5) is 18.4. The number of aromatic nitrogens is 1. The molecule has 5 nitrogen and oxygen atoms in total. The van der Waals surface area contributed by atoms with Crippen LogP contribution in [-0.2, 0) is 16.6 Å². The van der Waals surface area contributed by atoms with Gasteiger partial charge in [0.15, 0.2) is 16.6 Å². The van der Waals surface area contributed by atoms with E-state index in [1.165, 1.54) is 11.3 Å². The van der Waals surface area contributed by atoms with Crippen LogP contribution in [0.1, 0.15) is 28.8 Å². The molecule has 2 aromatic carbocycles. The molecule has 2 aliphatic rings. The Hall–Kier alpha value is -2.57. The Morgan fingerprint density at radius 1 is 1.14 bits per heavy atom. The Labute approximate surface area is 171 Å². The number of rotatable bonds is 5. The number of ether oxygens (including phenoxy) is 2. The summed E-state index contributed by atoms with van der Waals surface area (Å²) in [6.07, 6.45) is 4.22. The quantitative estimate of drug-likeness (QED) is 0.654. The van der Waals surface area contributed by atoms with Gasteiger partial charge in [0, 0.05) is 22.5 Å². The summed E-state index contributed by atoms with van der Waals surface area (Å²) in [7, 11) is 0. The molecule has 0 atom stereocenters. The molecular formula is C21H17ClN2O3S. The van der Waals surface area contributed by atoms with Gasteiger partial charge in [0.2, 0.25) is 12.7 Å². The number of hydrogen-bond donors (Lipinski definition) is 1. The molecule has 2 heterocycles. The molecule has 0 unspecified atom stereocenters. The van der Waals surface area contributed by atoms with E-state index in [1.54, 1.807) is 0 Å². The van der Waals surface area contributed by atoms with Gasteiger partial charge < -0.3 is 14.8 Å². The Kier molecular flexibility index (Phi) is 4.25. The molecule has 1 fully saturated rings. The van der Waals surface area contributed by atoms with Gasteiger partial charge in [-0.1, -0.05) is 29.8 Å². The number of benzene rings is 2. The number of carbonyl (C=O) groups excluding carboxylic acids is 1. The molecule has 0 bridgehead atoms. The lowest BCUT2D eigenvalue weighted by Crippen LogP contribution is -2.27. The van der Waals surface area contributed by atoms with Gasteiger partial charge in [-0.15, -0.1) is 11.3 Å². The Bertz CT molecular complexity index is 1040. The molecule has 1 N–H and O–H groups in total. The monoisotopic (exact) mass is 412 g/mol. The van der Waals surface area contributed by atoms with Gasteiger partial charge in [0.05, 0.1) is 5.41 Å².